The smallest absolute Gasteiger partial charge is 0.321 e. The number of hydrogen-bond donors (Lipinski definition) is 1. The maximum Gasteiger partial charge on any atom is 0.321 e. The molecule has 1 rings (SSSR count). The van der Waals surface area contributed by atoms with E-state index in [0.29, 0.717) is 0 Å². The molecule has 1 aliphatic rings. The fourth-order valence-corrected chi connectivity index (χ4v) is 1.82. The van der Waals surface area contributed by atoms with Crippen molar-refractivity contribution in [3.63, 3.8) is 0 Å². The molecule has 0 aromatic heterocycles. The largest absolute Gasteiger partial charge is 0.351 e. The van der Waals surface area contributed by atoms with Crippen molar-refractivity contribution >= 4 is 11.9 Å². The van der Waals surface area contributed by atoms with Crippen molar-refractivity contribution in [2.24, 2.45) is 5.73 Å². The molecule has 14 heavy (non-hydrogen) atoms. The average molecular weight is 195 g/mol. The van der Waals surface area contributed by atoms with Gasteiger partial charge < -0.3 is 5.73 Å². The summed E-state index contributed by atoms with van der Waals surface area (Å²) in [7, 11) is 0. The van der Waals surface area contributed by atoms with E-state index in [9.17, 15) is 9.59 Å². The van der Waals surface area contributed by atoms with Gasteiger partial charge in [0.15, 0.2) is 0 Å². The maximum absolute atomic E-state index is 11.4. The Balaban J connectivity index is 2.68. The summed E-state index contributed by atoms with van der Waals surface area (Å²) in [6.07, 6.45) is 3.35. The van der Waals surface area contributed by atoms with Crippen LogP contribution >= 0.6 is 0 Å². The van der Waals surface area contributed by atoms with E-state index in [2.05, 4.69) is 0 Å². The minimum atomic E-state index is -0.739. The summed E-state index contributed by atoms with van der Waals surface area (Å²) in [5.74, 6) is -0.480. The zero-order chi connectivity index (χ0) is 10.6. The Labute approximate surface area is 82.5 Å². The molecule has 0 aromatic carbocycles. The van der Waals surface area contributed by atoms with Crippen LogP contribution in [0.2, 0.25) is 0 Å². The second-order valence-corrected chi connectivity index (χ2v) is 3.38. The summed E-state index contributed by atoms with van der Waals surface area (Å²) in [4.78, 5) is 23.4. The van der Waals surface area contributed by atoms with Gasteiger partial charge in [0.05, 0.1) is 6.07 Å². The fourth-order valence-electron chi connectivity index (χ4n) is 1.82. The molecule has 76 valence electrons. The average Bonchev–Trinajstić information content (AvgIpc) is 2.57. The maximum atomic E-state index is 11.4. The van der Waals surface area contributed by atoms with Crippen LogP contribution in [0, 0.1) is 11.3 Å². The second kappa shape index (κ2) is 4.61. The Hall–Kier alpha value is -1.57. The Morgan fingerprint density at radius 2 is 2.00 bits per heavy atom. The first-order valence-electron chi connectivity index (χ1n) is 4.65. The summed E-state index contributed by atoms with van der Waals surface area (Å²) < 4.78 is 0. The molecular weight excluding hydrogens is 182 g/mol. The number of carbonyl (C=O) groups is 2. The number of amides is 3. The van der Waals surface area contributed by atoms with E-state index in [0.717, 1.165) is 30.6 Å². The van der Waals surface area contributed by atoms with Gasteiger partial charge in [-0.15, -0.1) is 0 Å². The zero-order valence-electron chi connectivity index (χ0n) is 7.90. The van der Waals surface area contributed by atoms with Gasteiger partial charge in [0, 0.05) is 6.04 Å². The van der Waals surface area contributed by atoms with Crippen LogP contribution < -0.4 is 5.73 Å². The van der Waals surface area contributed by atoms with E-state index >= 15 is 0 Å². The van der Waals surface area contributed by atoms with Gasteiger partial charge in [-0.05, 0) is 12.8 Å². The van der Waals surface area contributed by atoms with Crippen LogP contribution in [0.15, 0.2) is 0 Å². The van der Waals surface area contributed by atoms with Gasteiger partial charge in [0.1, 0.15) is 6.42 Å². The molecule has 1 aliphatic carbocycles. The minimum absolute atomic E-state index is 0.0895. The third-order valence-corrected chi connectivity index (χ3v) is 2.43. The standard InChI is InChI=1S/C9H13N3O2/c10-6-5-8(13)12(9(11)14)7-3-1-2-4-7/h7H,1-5H2,(H2,11,14). The van der Waals surface area contributed by atoms with Crippen LogP contribution in [0.1, 0.15) is 32.1 Å². The Kier molecular flexibility index (Phi) is 3.46. The molecule has 0 atom stereocenters. The highest BCUT2D eigenvalue weighted by atomic mass is 16.2. The number of nitriles is 1. The van der Waals surface area contributed by atoms with E-state index in [1.165, 1.54) is 0 Å². The Morgan fingerprint density at radius 3 is 2.43 bits per heavy atom. The number of carbonyl (C=O) groups excluding carboxylic acids is 2. The van der Waals surface area contributed by atoms with Crippen LogP contribution in [0.5, 0.6) is 0 Å². The molecule has 0 aromatic rings. The molecule has 2 N–H and O–H groups in total. The molecular formula is C9H13N3O2. The quantitative estimate of drug-likeness (QED) is 0.705. The van der Waals surface area contributed by atoms with E-state index in [4.69, 9.17) is 11.0 Å². The first-order valence-corrected chi connectivity index (χ1v) is 4.65. The molecule has 0 bridgehead atoms. The van der Waals surface area contributed by atoms with E-state index < -0.39 is 11.9 Å². The van der Waals surface area contributed by atoms with Crippen molar-refractivity contribution in [2.75, 3.05) is 0 Å². The zero-order valence-corrected chi connectivity index (χ0v) is 7.90. The van der Waals surface area contributed by atoms with Crippen molar-refractivity contribution in [1.29, 1.82) is 5.26 Å². The molecule has 5 nitrogen and oxygen atoms in total. The lowest BCUT2D eigenvalue weighted by Crippen LogP contribution is -2.46. The van der Waals surface area contributed by atoms with Crippen LogP contribution in [0.25, 0.3) is 0 Å². The predicted octanol–water partition coefficient (Wildman–Crippen LogP) is 0.750. The number of nitrogens with two attached hydrogens (primary N) is 1. The van der Waals surface area contributed by atoms with Gasteiger partial charge in [-0.3, -0.25) is 9.69 Å². The lowest BCUT2D eigenvalue weighted by molar-refractivity contribution is -0.128. The van der Waals surface area contributed by atoms with Crippen LogP contribution in [0.4, 0.5) is 4.79 Å². The van der Waals surface area contributed by atoms with Gasteiger partial charge in [0.2, 0.25) is 5.91 Å². The Morgan fingerprint density at radius 1 is 1.43 bits per heavy atom. The molecule has 0 heterocycles. The minimum Gasteiger partial charge on any atom is -0.351 e. The highest BCUT2D eigenvalue weighted by Crippen LogP contribution is 2.23. The summed E-state index contributed by atoms with van der Waals surface area (Å²) in [5.41, 5.74) is 5.10. The van der Waals surface area contributed by atoms with Crippen LogP contribution in [-0.4, -0.2) is 22.9 Å². The van der Waals surface area contributed by atoms with E-state index in [1.54, 1.807) is 6.07 Å². The van der Waals surface area contributed by atoms with Crippen molar-refractivity contribution in [3.05, 3.63) is 0 Å². The fraction of sp³-hybridized carbons (Fsp3) is 0.667. The Bertz CT molecular complexity index is 276. The molecule has 1 saturated carbocycles. The van der Waals surface area contributed by atoms with E-state index in [1.807, 2.05) is 0 Å². The van der Waals surface area contributed by atoms with Gasteiger partial charge in [-0.1, -0.05) is 12.8 Å². The van der Waals surface area contributed by atoms with Gasteiger partial charge in [-0.2, -0.15) is 5.26 Å². The number of hydrogen-bond acceptors (Lipinski definition) is 3. The van der Waals surface area contributed by atoms with E-state index in [-0.39, 0.29) is 12.5 Å². The van der Waals surface area contributed by atoms with Crippen LogP contribution in [0.3, 0.4) is 0 Å². The van der Waals surface area contributed by atoms with Crippen molar-refractivity contribution in [1.82, 2.24) is 4.90 Å². The highest BCUT2D eigenvalue weighted by Gasteiger charge is 2.29. The lowest BCUT2D eigenvalue weighted by atomic mass is 10.2. The van der Waals surface area contributed by atoms with Crippen molar-refractivity contribution < 1.29 is 9.59 Å². The molecule has 0 aliphatic heterocycles. The molecule has 0 spiro atoms. The van der Waals surface area contributed by atoms with Crippen molar-refractivity contribution in [3.8, 4) is 6.07 Å². The number of imide groups is 1. The molecule has 5 heteroatoms. The molecule has 0 unspecified atom stereocenters. The normalized spacial score (nSPS) is 16.2. The number of urea groups is 1. The number of primary amides is 1. The summed E-state index contributed by atoms with van der Waals surface area (Å²) in [5, 5.41) is 8.36. The van der Waals surface area contributed by atoms with Gasteiger partial charge >= 0.3 is 6.03 Å². The number of nitrogens with zero attached hydrogens (tertiary/aromatic N) is 2. The summed E-state index contributed by atoms with van der Waals surface area (Å²) in [6.45, 7) is 0. The summed E-state index contributed by atoms with van der Waals surface area (Å²) >= 11 is 0. The SMILES string of the molecule is N#CCC(=O)N(C(N)=O)C1CCCC1. The van der Waals surface area contributed by atoms with Crippen molar-refractivity contribution in [2.45, 2.75) is 38.1 Å². The third-order valence-electron chi connectivity index (χ3n) is 2.43. The van der Waals surface area contributed by atoms with Gasteiger partial charge in [-0.25, -0.2) is 4.79 Å². The highest BCUT2D eigenvalue weighted by molar-refractivity contribution is 5.94. The van der Waals surface area contributed by atoms with Gasteiger partial charge in [0.25, 0.3) is 0 Å². The molecule has 0 radical (unpaired) electrons. The molecule has 3 amide bonds. The molecule has 1 fully saturated rings. The lowest BCUT2D eigenvalue weighted by Gasteiger charge is -2.23. The second-order valence-electron chi connectivity index (χ2n) is 3.38. The monoisotopic (exact) mass is 195 g/mol. The van der Waals surface area contributed by atoms with Crippen LogP contribution in [-0.2, 0) is 4.79 Å². The number of rotatable bonds is 2. The topological polar surface area (TPSA) is 87.2 Å². The molecule has 0 saturated heterocycles. The third kappa shape index (κ3) is 2.22. The predicted molar refractivity (Wildman–Crippen MR) is 48.9 cm³/mol. The summed E-state index contributed by atoms with van der Waals surface area (Å²) in [6, 6.07) is 0.899. The first-order chi connectivity index (χ1) is 6.66. The first kappa shape index (κ1) is 10.5.